The summed E-state index contributed by atoms with van der Waals surface area (Å²) in [5.41, 5.74) is 0.0585. The summed E-state index contributed by atoms with van der Waals surface area (Å²) in [4.78, 5) is 12.2. The minimum atomic E-state index is 0.0585. The highest BCUT2D eigenvalue weighted by molar-refractivity contribution is 5.85. The van der Waals surface area contributed by atoms with Gasteiger partial charge in [0, 0.05) is 11.8 Å². The van der Waals surface area contributed by atoms with Gasteiger partial charge in [-0.05, 0) is 31.6 Å². The maximum absolute atomic E-state index is 12.2. The summed E-state index contributed by atoms with van der Waals surface area (Å²) in [6.45, 7) is 6.68. The van der Waals surface area contributed by atoms with Gasteiger partial charge in [-0.1, -0.05) is 40.0 Å². The number of hydrogen-bond acceptors (Lipinski definition) is 1. The van der Waals surface area contributed by atoms with Crippen molar-refractivity contribution < 1.29 is 4.79 Å². The molecule has 2 unspecified atom stereocenters. The van der Waals surface area contributed by atoms with E-state index in [0.717, 1.165) is 25.7 Å². The summed E-state index contributed by atoms with van der Waals surface area (Å²) in [5, 5.41) is 0. The number of carbonyl (C=O) groups is 1. The number of unbranched alkanes of at least 4 members (excludes halogenated alkanes) is 1. The topological polar surface area (TPSA) is 17.1 Å². The molecule has 0 spiro atoms. The van der Waals surface area contributed by atoms with Crippen molar-refractivity contribution in [1.29, 1.82) is 0 Å². The molecule has 0 radical (unpaired) electrons. The van der Waals surface area contributed by atoms with Crippen molar-refractivity contribution in [3.8, 4) is 0 Å². The summed E-state index contributed by atoms with van der Waals surface area (Å²) in [5.74, 6) is 1.23. The predicted molar refractivity (Wildman–Crippen MR) is 64.9 cm³/mol. The Balaban J connectivity index is 2.81. The van der Waals surface area contributed by atoms with Gasteiger partial charge in [-0.15, -0.1) is 0 Å². The fourth-order valence-electron chi connectivity index (χ4n) is 3.36. The Labute approximate surface area is 94.6 Å². The number of hydrogen-bond donors (Lipinski definition) is 0. The first-order chi connectivity index (χ1) is 7.21. The Bertz CT molecular complexity index is 209. The zero-order valence-electron chi connectivity index (χ0n) is 10.6. The Morgan fingerprint density at radius 1 is 1.33 bits per heavy atom. The van der Waals surface area contributed by atoms with Gasteiger partial charge in [0.1, 0.15) is 5.78 Å². The zero-order valence-corrected chi connectivity index (χ0v) is 10.6. The second-order valence-electron chi connectivity index (χ2n) is 5.03. The van der Waals surface area contributed by atoms with Crippen molar-refractivity contribution in [3.05, 3.63) is 0 Å². The van der Waals surface area contributed by atoms with Gasteiger partial charge in [0.2, 0.25) is 0 Å². The number of Topliss-reactive ketones (excluding diaryl/α,β-unsaturated/α-hetero) is 1. The first kappa shape index (κ1) is 12.7. The number of carbonyl (C=O) groups excluding carboxylic acids is 1. The van der Waals surface area contributed by atoms with Crippen LogP contribution in [0.25, 0.3) is 0 Å². The summed E-state index contributed by atoms with van der Waals surface area (Å²) >= 11 is 0. The number of ketones is 1. The van der Waals surface area contributed by atoms with E-state index >= 15 is 0 Å². The van der Waals surface area contributed by atoms with Crippen LogP contribution >= 0.6 is 0 Å². The minimum absolute atomic E-state index is 0.0585. The molecular weight excluding hydrogens is 184 g/mol. The molecule has 1 aliphatic rings. The Morgan fingerprint density at radius 2 is 2.07 bits per heavy atom. The zero-order chi connectivity index (χ0) is 11.3. The molecule has 1 heteroatoms. The lowest BCUT2D eigenvalue weighted by Crippen LogP contribution is -2.41. The molecule has 1 fully saturated rings. The van der Waals surface area contributed by atoms with Gasteiger partial charge in [0.25, 0.3) is 0 Å². The summed E-state index contributed by atoms with van der Waals surface area (Å²) < 4.78 is 0. The lowest BCUT2D eigenvalue weighted by Gasteiger charge is -2.42. The smallest absolute Gasteiger partial charge is 0.139 e. The lowest BCUT2D eigenvalue weighted by atomic mass is 9.61. The monoisotopic (exact) mass is 210 g/mol. The fraction of sp³-hybridized carbons (Fsp3) is 0.929. The van der Waals surface area contributed by atoms with Gasteiger partial charge in [0.15, 0.2) is 0 Å². The second-order valence-corrected chi connectivity index (χ2v) is 5.03. The van der Waals surface area contributed by atoms with E-state index in [4.69, 9.17) is 0 Å². The molecule has 0 aliphatic heterocycles. The molecular formula is C14H26O. The molecule has 2 atom stereocenters. The van der Waals surface area contributed by atoms with Crippen LogP contribution in [-0.2, 0) is 4.79 Å². The highest BCUT2D eigenvalue weighted by Gasteiger charge is 2.43. The third-order valence-electron chi connectivity index (χ3n) is 4.39. The van der Waals surface area contributed by atoms with Crippen LogP contribution in [0.4, 0.5) is 0 Å². The molecule has 0 amide bonds. The number of rotatable bonds is 5. The quantitative estimate of drug-likeness (QED) is 0.659. The van der Waals surface area contributed by atoms with Gasteiger partial charge in [0.05, 0.1) is 0 Å². The normalized spacial score (nSPS) is 31.9. The first-order valence-corrected chi connectivity index (χ1v) is 6.74. The van der Waals surface area contributed by atoms with E-state index in [1.54, 1.807) is 0 Å². The molecule has 0 aromatic heterocycles. The third-order valence-corrected chi connectivity index (χ3v) is 4.39. The van der Waals surface area contributed by atoms with Crippen LogP contribution in [-0.4, -0.2) is 5.78 Å². The van der Waals surface area contributed by atoms with Crippen LogP contribution in [0.5, 0.6) is 0 Å². The molecule has 15 heavy (non-hydrogen) atoms. The van der Waals surface area contributed by atoms with Gasteiger partial charge in [-0.3, -0.25) is 4.79 Å². The van der Waals surface area contributed by atoms with Crippen LogP contribution in [0, 0.1) is 11.3 Å². The summed E-state index contributed by atoms with van der Waals surface area (Å²) in [6.07, 6.45) is 9.06. The lowest BCUT2D eigenvalue weighted by molar-refractivity contribution is -0.136. The van der Waals surface area contributed by atoms with Gasteiger partial charge in [-0.2, -0.15) is 0 Å². The van der Waals surface area contributed by atoms with E-state index < -0.39 is 0 Å². The Kier molecular flexibility index (Phi) is 4.82. The molecule has 0 N–H and O–H groups in total. The van der Waals surface area contributed by atoms with E-state index in [9.17, 15) is 4.79 Å². The molecule has 0 aromatic rings. The van der Waals surface area contributed by atoms with Crippen molar-refractivity contribution in [2.45, 2.75) is 72.1 Å². The Morgan fingerprint density at radius 3 is 2.60 bits per heavy atom. The minimum Gasteiger partial charge on any atom is -0.299 e. The highest BCUT2D eigenvalue weighted by atomic mass is 16.1. The predicted octanol–water partition coefficient (Wildman–Crippen LogP) is 4.35. The van der Waals surface area contributed by atoms with E-state index in [2.05, 4.69) is 20.8 Å². The van der Waals surface area contributed by atoms with Gasteiger partial charge in [-0.25, -0.2) is 0 Å². The second kappa shape index (κ2) is 5.67. The molecule has 88 valence electrons. The maximum Gasteiger partial charge on any atom is 0.139 e. The molecule has 0 aromatic carbocycles. The van der Waals surface area contributed by atoms with Crippen LogP contribution in [0.2, 0.25) is 0 Å². The van der Waals surface area contributed by atoms with Gasteiger partial charge < -0.3 is 0 Å². The molecule has 0 bridgehead atoms. The molecule has 1 rings (SSSR count). The van der Waals surface area contributed by atoms with E-state index in [0.29, 0.717) is 11.7 Å². The van der Waals surface area contributed by atoms with Crippen molar-refractivity contribution in [2.24, 2.45) is 11.3 Å². The maximum atomic E-state index is 12.2. The van der Waals surface area contributed by atoms with E-state index in [1.807, 2.05) is 0 Å². The fourth-order valence-corrected chi connectivity index (χ4v) is 3.36. The molecule has 0 saturated heterocycles. The van der Waals surface area contributed by atoms with Crippen molar-refractivity contribution in [1.82, 2.24) is 0 Å². The van der Waals surface area contributed by atoms with Crippen LogP contribution in [0.1, 0.15) is 72.1 Å². The standard InChI is InChI=1S/C14H26O/c1-4-7-11-14(6-3)12(5-2)9-8-10-13(14)15/h12H,4-11H2,1-3H3. The average molecular weight is 210 g/mol. The largest absolute Gasteiger partial charge is 0.299 e. The summed E-state index contributed by atoms with van der Waals surface area (Å²) in [6, 6.07) is 0. The van der Waals surface area contributed by atoms with E-state index in [1.165, 1.54) is 25.7 Å². The van der Waals surface area contributed by atoms with Crippen LogP contribution < -0.4 is 0 Å². The molecule has 0 heterocycles. The highest BCUT2D eigenvalue weighted by Crippen LogP contribution is 2.46. The van der Waals surface area contributed by atoms with Crippen LogP contribution in [0.15, 0.2) is 0 Å². The van der Waals surface area contributed by atoms with Crippen molar-refractivity contribution in [3.63, 3.8) is 0 Å². The Hall–Kier alpha value is -0.330. The first-order valence-electron chi connectivity index (χ1n) is 6.74. The molecule has 1 saturated carbocycles. The average Bonchev–Trinajstić information content (AvgIpc) is 2.27. The summed E-state index contributed by atoms with van der Waals surface area (Å²) in [7, 11) is 0. The van der Waals surface area contributed by atoms with Crippen molar-refractivity contribution in [2.75, 3.05) is 0 Å². The van der Waals surface area contributed by atoms with Crippen molar-refractivity contribution >= 4 is 5.78 Å². The molecule has 1 nitrogen and oxygen atoms in total. The third kappa shape index (κ3) is 2.43. The van der Waals surface area contributed by atoms with Gasteiger partial charge >= 0.3 is 0 Å². The van der Waals surface area contributed by atoms with Crippen LogP contribution in [0.3, 0.4) is 0 Å². The molecule has 1 aliphatic carbocycles. The SMILES string of the molecule is CCCCC1(CC)C(=O)CCCC1CC. The van der Waals surface area contributed by atoms with E-state index in [-0.39, 0.29) is 5.41 Å².